The molecule has 0 spiro atoms. The van der Waals surface area contributed by atoms with Gasteiger partial charge in [-0.1, -0.05) is 0 Å². The third-order valence-corrected chi connectivity index (χ3v) is 2.50. The van der Waals surface area contributed by atoms with E-state index < -0.39 is 0 Å². The van der Waals surface area contributed by atoms with Crippen LogP contribution in [0.15, 0.2) is 33.1 Å². The molecule has 0 aliphatic heterocycles. The van der Waals surface area contributed by atoms with Gasteiger partial charge in [-0.25, -0.2) is 4.98 Å². The third kappa shape index (κ3) is 1.40. The van der Waals surface area contributed by atoms with Crippen LogP contribution >= 0.6 is 11.3 Å². The Morgan fingerprint density at radius 2 is 2.38 bits per heavy atom. The third-order valence-electron chi connectivity index (χ3n) is 1.71. The number of hydrogen-bond acceptors (Lipinski definition) is 4. The second-order valence-corrected chi connectivity index (χ2v) is 3.45. The molecule has 0 aliphatic rings. The average molecular weight is 193 g/mol. The molecule has 4 heteroatoms. The molecule has 0 saturated heterocycles. The summed E-state index contributed by atoms with van der Waals surface area (Å²) in [5, 5.41) is 2.55. The predicted molar refractivity (Wildman–Crippen MR) is 50.8 cm³/mol. The molecule has 13 heavy (non-hydrogen) atoms. The predicted octanol–water partition coefficient (Wildman–Crippen LogP) is 2.07. The lowest BCUT2D eigenvalue weighted by Gasteiger charge is -1.97. The van der Waals surface area contributed by atoms with Crippen LogP contribution in [0, 0.1) is 6.92 Å². The van der Waals surface area contributed by atoms with Crippen LogP contribution < -0.4 is 5.43 Å². The highest BCUT2D eigenvalue weighted by Gasteiger charge is 2.09. The Balaban J connectivity index is 2.71. The molecule has 0 N–H and O–H groups in total. The van der Waals surface area contributed by atoms with E-state index in [2.05, 4.69) is 4.98 Å². The first kappa shape index (κ1) is 8.19. The minimum atomic E-state index is -0.0429. The van der Waals surface area contributed by atoms with E-state index in [9.17, 15) is 4.79 Å². The second kappa shape index (κ2) is 3.14. The Labute approximate surface area is 78.7 Å². The average Bonchev–Trinajstić information content (AvgIpc) is 2.57. The van der Waals surface area contributed by atoms with Crippen molar-refractivity contribution in [1.29, 1.82) is 0 Å². The van der Waals surface area contributed by atoms with E-state index in [1.54, 1.807) is 13.1 Å². The van der Waals surface area contributed by atoms with Gasteiger partial charge >= 0.3 is 0 Å². The van der Waals surface area contributed by atoms with Crippen molar-refractivity contribution in [2.45, 2.75) is 6.92 Å². The van der Waals surface area contributed by atoms with Crippen LogP contribution in [0.1, 0.15) is 5.76 Å². The van der Waals surface area contributed by atoms with Gasteiger partial charge in [0.25, 0.3) is 0 Å². The molecular weight excluding hydrogens is 186 g/mol. The molecule has 3 nitrogen and oxygen atoms in total. The smallest absolute Gasteiger partial charge is 0.195 e. The Bertz CT molecular complexity index is 459. The van der Waals surface area contributed by atoms with E-state index in [1.165, 1.54) is 23.7 Å². The first-order valence-corrected chi connectivity index (χ1v) is 4.65. The fraction of sp³-hybridized carbons (Fsp3) is 0.111. The number of rotatable bonds is 1. The minimum absolute atomic E-state index is 0.0429. The van der Waals surface area contributed by atoms with Gasteiger partial charge in [0, 0.05) is 17.6 Å². The van der Waals surface area contributed by atoms with E-state index in [1.807, 2.05) is 5.38 Å². The molecule has 2 aromatic heterocycles. The van der Waals surface area contributed by atoms with Gasteiger partial charge in [-0.15, -0.1) is 11.3 Å². The summed E-state index contributed by atoms with van der Waals surface area (Å²) in [6.45, 7) is 1.76. The van der Waals surface area contributed by atoms with Crippen molar-refractivity contribution in [2.75, 3.05) is 0 Å². The summed E-state index contributed by atoms with van der Waals surface area (Å²) in [4.78, 5) is 15.5. The second-order valence-electron chi connectivity index (χ2n) is 2.55. The van der Waals surface area contributed by atoms with Gasteiger partial charge in [0.15, 0.2) is 5.43 Å². The van der Waals surface area contributed by atoms with Crippen molar-refractivity contribution < 1.29 is 4.42 Å². The molecule has 0 aliphatic carbocycles. The fourth-order valence-corrected chi connectivity index (χ4v) is 1.85. The molecule has 66 valence electrons. The summed E-state index contributed by atoms with van der Waals surface area (Å²) in [6, 6.07) is 1.41. The summed E-state index contributed by atoms with van der Waals surface area (Å²) in [5.41, 5.74) is 0.524. The van der Waals surface area contributed by atoms with Gasteiger partial charge in [-0.05, 0) is 6.92 Å². The zero-order valence-electron chi connectivity index (χ0n) is 6.98. The molecule has 0 bridgehead atoms. The number of hydrogen-bond donors (Lipinski definition) is 0. The highest BCUT2D eigenvalue weighted by molar-refractivity contribution is 7.13. The molecule has 0 amide bonds. The van der Waals surface area contributed by atoms with E-state index in [-0.39, 0.29) is 5.43 Å². The summed E-state index contributed by atoms with van der Waals surface area (Å²) in [6.07, 6.45) is 3.07. The Kier molecular flexibility index (Phi) is 1.98. The van der Waals surface area contributed by atoms with E-state index in [0.717, 1.165) is 0 Å². The Hall–Kier alpha value is -1.42. The van der Waals surface area contributed by atoms with Crippen LogP contribution in [0.2, 0.25) is 0 Å². The molecule has 0 radical (unpaired) electrons. The number of aryl methyl sites for hydroxylation is 1. The SMILES string of the molecule is Cc1occc(=O)c1-c1nccs1. The van der Waals surface area contributed by atoms with Gasteiger partial charge in [0.1, 0.15) is 10.8 Å². The van der Waals surface area contributed by atoms with E-state index in [4.69, 9.17) is 4.42 Å². The first-order valence-electron chi connectivity index (χ1n) is 3.77. The minimum Gasteiger partial charge on any atom is -0.469 e. The van der Waals surface area contributed by atoms with Gasteiger partial charge in [0.05, 0.1) is 11.8 Å². The number of nitrogens with zero attached hydrogens (tertiary/aromatic N) is 1. The first-order chi connectivity index (χ1) is 6.29. The molecule has 2 rings (SSSR count). The lowest BCUT2D eigenvalue weighted by molar-refractivity contribution is 0.517. The van der Waals surface area contributed by atoms with Crippen molar-refractivity contribution in [2.24, 2.45) is 0 Å². The van der Waals surface area contributed by atoms with Crippen LogP contribution in [-0.2, 0) is 0 Å². The zero-order chi connectivity index (χ0) is 9.26. The summed E-state index contributed by atoms with van der Waals surface area (Å²) < 4.78 is 5.13. The molecule has 0 aromatic carbocycles. The molecule has 0 unspecified atom stereocenters. The van der Waals surface area contributed by atoms with Crippen molar-refractivity contribution in [3.8, 4) is 10.6 Å². The largest absolute Gasteiger partial charge is 0.469 e. The Morgan fingerprint density at radius 1 is 1.54 bits per heavy atom. The molecule has 2 heterocycles. The summed E-state index contributed by atoms with van der Waals surface area (Å²) in [7, 11) is 0. The van der Waals surface area contributed by atoms with Crippen LogP contribution in [0.4, 0.5) is 0 Å². The van der Waals surface area contributed by atoms with Gasteiger partial charge < -0.3 is 4.42 Å². The van der Waals surface area contributed by atoms with E-state index >= 15 is 0 Å². The maximum Gasteiger partial charge on any atom is 0.195 e. The highest BCUT2D eigenvalue weighted by atomic mass is 32.1. The van der Waals surface area contributed by atoms with E-state index in [0.29, 0.717) is 16.3 Å². The topological polar surface area (TPSA) is 43.1 Å². The van der Waals surface area contributed by atoms with Crippen LogP contribution in [0.25, 0.3) is 10.6 Å². The molecular formula is C9H7NO2S. The molecule has 0 atom stereocenters. The lowest BCUT2D eigenvalue weighted by atomic mass is 10.2. The van der Waals surface area contributed by atoms with Crippen molar-refractivity contribution in [3.63, 3.8) is 0 Å². The van der Waals surface area contributed by atoms with Gasteiger partial charge in [-0.2, -0.15) is 0 Å². The number of thiazole rings is 1. The van der Waals surface area contributed by atoms with Crippen LogP contribution in [0.5, 0.6) is 0 Å². The van der Waals surface area contributed by atoms with Gasteiger partial charge in [-0.3, -0.25) is 4.79 Å². The quantitative estimate of drug-likeness (QED) is 0.696. The van der Waals surface area contributed by atoms with Crippen molar-refractivity contribution in [1.82, 2.24) is 4.98 Å². The zero-order valence-corrected chi connectivity index (χ0v) is 7.80. The maximum absolute atomic E-state index is 11.4. The molecule has 2 aromatic rings. The lowest BCUT2D eigenvalue weighted by Crippen LogP contribution is -2.03. The fourth-order valence-electron chi connectivity index (χ4n) is 1.12. The Morgan fingerprint density at radius 3 is 3.00 bits per heavy atom. The van der Waals surface area contributed by atoms with Crippen LogP contribution in [-0.4, -0.2) is 4.98 Å². The van der Waals surface area contributed by atoms with Gasteiger partial charge in [0.2, 0.25) is 0 Å². The van der Waals surface area contributed by atoms with Crippen molar-refractivity contribution in [3.05, 3.63) is 39.9 Å². The molecule has 0 saturated carbocycles. The van der Waals surface area contributed by atoms with Crippen LogP contribution in [0.3, 0.4) is 0 Å². The standard InChI is InChI=1S/C9H7NO2S/c1-6-8(7(11)2-4-12-6)9-10-3-5-13-9/h2-5H,1H3. The molecule has 0 fully saturated rings. The highest BCUT2D eigenvalue weighted by Crippen LogP contribution is 2.20. The summed E-state index contributed by atoms with van der Waals surface area (Å²) in [5.74, 6) is 0.613. The summed E-state index contributed by atoms with van der Waals surface area (Å²) >= 11 is 1.43. The maximum atomic E-state index is 11.4. The number of aromatic nitrogens is 1. The van der Waals surface area contributed by atoms with Crippen molar-refractivity contribution >= 4 is 11.3 Å². The normalized spacial score (nSPS) is 10.2. The monoisotopic (exact) mass is 193 g/mol.